The van der Waals surface area contributed by atoms with E-state index >= 15 is 0 Å². The maximum Gasteiger partial charge on any atom is 0.203 e. The van der Waals surface area contributed by atoms with E-state index in [0.717, 1.165) is 24.7 Å². The molecule has 0 spiro atoms. The Morgan fingerprint density at radius 1 is 1.25 bits per heavy atom. The molecule has 0 radical (unpaired) electrons. The minimum atomic E-state index is 0.592. The smallest absolute Gasteiger partial charge is 0.203 e. The van der Waals surface area contributed by atoms with Gasteiger partial charge in [-0.3, -0.25) is 4.68 Å². The minimum Gasteiger partial charge on any atom is -0.353 e. The van der Waals surface area contributed by atoms with E-state index < -0.39 is 0 Å². The number of hydrogen-bond donors (Lipinski definition) is 1. The zero-order chi connectivity index (χ0) is 13.8. The maximum atomic E-state index is 4.63. The Hall–Kier alpha value is -1.78. The molecule has 0 bridgehead atoms. The molecule has 2 aromatic heterocycles. The molecule has 1 aliphatic rings. The van der Waals surface area contributed by atoms with Crippen molar-refractivity contribution in [2.45, 2.75) is 58.2 Å². The summed E-state index contributed by atoms with van der Waals surface area (Å²) in [4.78, 5) is 4.63. The van der Waals surface area contributed by atoms with Crippen LogP contribution in [-0.4, -0.2) is 25.4 Å². The summed E-state index contributed by atoms with van der Waals surface area (Å²) in [5.41, 5.74) is 1.07. The molecule has 1 fully saturated rings. The van der Waals surface area contributed by atoms with Crippen molar-refractivity contribution < 1.29 is 0 Å². The first-order valence-electron chi connectivity index (χ1n) is 7.59. The van der Waals surface area contributed by atoms with Crippen LogP contribution in [0, 0.1) is 6.92 Å². The van der Waals surface area contributed by atoms with Crippen molar-refractivity contribution in [3.8, 4) is 0 Å². The van der Waals surface area contributed by atoms with Crippen LogP contribution in [0.5, 0.6) is 0 Å². The van der Waals surface area contributed by atoms with E-state index in [-0.39, 0.29) is 0 Å². The first-order chi connectivity index (χ1) is 9.81. The van der Waals surface area contributed by atoms with Gasteiger partial charge in [-0.15, -0.1) is 0 Å². The van der Waals surface area contributed by atoms with Crippen LogP contribution >= 0.6 is 0 Å². The van der Waals surface area contributed by atoms with Crippen molar-refractivity contribution in [3.63, 3.8) is 0 Å². The summed E-state index contributed by atoms with van der Waals surface area (Å²) < 4.78 is 4.17. The third kappa shape index (κ3) is 3.21. The van der Waals surface area contributed by atoms with Gasteiger partial charge in [-0.05, 0) is 25.8 Å². The van der Waals surface area contributed by atoms with Crippen LogP contribution in [-0.2, 0) is 13.1 Å². The zero-order valence-electron chi connectivity index (χ0n) is 12.1. The molecule has 1 N–H and O–H groups in total. The summed E-state index contributed by atoms with van der Waals surface area (Å²) in [6.07, 6.45) is 12.5. The van der Waals surface area contributed by atoms with Gasteiger partial charge in [-0.2, -0.15) is 5.10 Å². The molecule has 20 heavy (non-hydrogen) atoms. The lowest BCUT2D eigenvalue weighted by atomic mass is 9.96. The van der Waals surface area contributed by atoms with Crippen LogP contribution in [0.3, 0.4) is 0 Å². The molecule has 0 aromatic carbocycles. The quantitative estimate of drug-likeness (QED) is 0.911. The lowest BCUT2D eigenvalue weighted by molar-refractivity contribution is 0.456. The Labute approximate surface area is 120 Å². The SMILES string of the molecule is Cc1cn(CCn2cccn2)c(NC2CCCCC2)n1. The molecule has 3 rings (SSSR count). The van der Waals surface area contributed by atoms with Crippen LogP contribution in [0.1, 0.15) is 37.8 Å². The third-order valence-corrected chi connectivity index (χ3v) is 3.96. The highest BCUT2D eigenvalue weighted by molar-refractivity contribution is 5.30. The number of aryl methyl sites for hydroxylation is 3. The maximum absolute atomic E-state index is 4.63. The molecule has 0 atom stereocenters. The van der Waals surface area contributed by atoms with Gasteiger partial charge in [0.25, 0.3) is 0 Å². The van der Waals surface area contributed by atoms with Crippen LogP contribution in [0.25, 0.3) is 0 Å². The Balaban J connectivity index is 1.64. The van der Waals surface area contributed by atoms with Crippen LogP contribution in [0.2, 0.25) is 0 Å². The van der Waals surface area contributed by atoms with Gasteiger partial charge in [0.2, 0.25) is 5.95 Å². The Morgan fingerprint density at radius 3 is 2.85 bits per heavy atom. The second-order valence-corrected chi connectivity index (χ2v) is 5.65. The third-order valence-electron chi connectivity index (χ3n) is 3.96. The summed E-state index contributed by atoms with van der Waals surface area (Å²) >= 11 is 0. The fraction of sp³-hybridized carbons (Fsp3) is 0.600. The molecule has 0 saturated heterocycles. The second kappa shape index (κ2) is 6.11. The number of aromatic nitrogens is 4. The number of nitrogens with one attached hydrogen (secondary N) is 1. The molecule has 0 unspecified atom stereocenters. The summed E-state index contributed by atoms with van der Waals surface area (Å²) in [5, 5.41) is 7.87. The van der Waals surface area contributed by atoms with Gasteiger partial charge in [0.15, 0.2) is 0 Å². The summed E-state index contributed by atoms with van der Waals surface area (Å²) in [6, 6.07) is 2.55. The molecular formula is C15H23N5. The normalized spacial score (nSPS) is 16.4. The van der Waals surface area contributed by atoms with Crippen LogP contribution in [0.15, 0.2) is 24.7 Å². The number of imidazole rings is 1. The van der Waals surface area contributed by atoms with E-state index in [4.69, 9.17) is 0 Å². The van der Waals surface area contributed by atoms with E-state index in [2.05, 4.69) is 33.1 Å². The molecule has 5 heteroatoms. The lowest BCUT2D eigenvalue weighted by Crippen LogP contribution is -2.24. The molecular weight excluding hydrogens is 250 g/mol. The van der Waals surface area contributed by atoms with Crippen molar-refractivity contribution in [2.24, 2.45) is 0 Å². The Morgan fingerprint density at radius 2 is 2.10 bits per heavy atom. The van der Waals surface area contributed by atoms with E-state index in [1.807, 2.05) is 23.1 Å². The van der Waals surface area contributed by atoms with Crippen LogP contribution in [0.4, 0.5) is 5.95 Å². The monoisotopic (exact) mass is 273 g/mol. The van der Waals surface area contributed by atoms with Crippen molar-refractivity contribution >= 4 is 5.95 Å². The van der Waals surface area contributed by atoms with E-state index in [1.165, 1.54) is 32.1 Å². The first-order valence-corrected chi connectivity index (χ1v) is 7.59. The minimum absolute atomic E-state index is 0.592. The molecule has 2 heterocycles. The largest absolute Gasteiger partial charge is 0.353 e. The number of anilines is 1. The number of rotatable bonds is 5. The first kappa shape index (κ1) is 13.2. The molecule has 1 saturated carbocycles. The van der Waals surface area contributed by atoms with Gasteiger partial charge >= 0.3 is 0 Å². The highest BCUT2D eigenvalue weighted by Gasteiger charge is 2.15. The van der Waals surface area contributed by atoms with Crippen LogP contribution < -0.4 is 5.32 Å². The average Bonchev–Trinajstić information content (AvgIpc) is 3.07. The summed E-state index contributed by atoms with van der Waals surface area (Å²) in [6.45, 7) is 3.83. The van der Waals surface area contributed by atoms with Gasteiger partial charge in [-0.1, -0.05) is 19.3 Å². The Bertz CT molecular complexity index is 522. The standard InChI is InChI=1S/C15H23N5/c1-13-12-19(10-11-20-9-5-8-16-20)15(17-13)18-14-6-3-2-4-7-14/h5,8-9,12,14H,2-4,6-7,10-11H2,1H3,(H,17,18). The molecule has 108 valence electrons. The number of hydrogen-bond acceptors (Lipinski definition) is 3. The highest BCUT2D eigenvalue weighted by Crippen LogP contribution is 2.21. The predicted molar refractivity (Wildman–Crippen MR) is 79.7 cm³/mol. The Kier molecular flexibility index (Phi) is 4.04. The van der Waals surface area contributed by atoms with Crippen molar-refractivity contribution in [3.05, 3.63) is 30.4 Å². The summed E-state index contributed by atoms with van der Waals surface area (Å²) in [5.74, 6) is 1.02. The van der Waals surface area contributed by atoms with Gasteiger partial charge in [0, 0.05) is 31.2 Å². The van der Waals surface area contributed by atoms with Crippen molar-refractivity contribution in [1.82, 2.24) is 19.3 Å². The zero-order valence-corrected chi connectivity index (χ0v) is 12.1. The highest BCUT2D eigenvalue weighted by atomic mass is 15.3. The fourth-order valence-electron chi connectivity index (χ4n) is 2.90. The van der Waals surface area contributed by atoms with Gasteiger partial charge in [-0.25, -0.2) is 4.98 Å². The molecule has 0 aliphatic heterocycles. The lowest BCUT2D eigenvalue weighted by Gasteiger charge is -2.23. The van der Waals surface area contributed by atoms with Gasteiger partial charge in [0.05, 0.1) is 12.2 Å². The predicted octanol–water partition coefficient (Wildman–Crippen LogP) is 2.83. The fourth-order valence-corrected chi connectivity index (χ4v) is 2.90. The van der Waals surface area contributed by atoms with Gasteiger partial charge < -0.3 is 9.88 Å². The van der Waals surface area contributed by atoms with E-state index in [9.17, 15) is 0 Å². The molecule has 2 aromatic rings. The number of nitrogens with zero attached hydrogens (tertiary/aromatic N) is 4. The topological polar surface area (TPSA) is 47.7 Å². The summed E-state index contributed by atoms with van der Waals surface area (Å²) in [7, 11) is 0. The van der Waals surface area contributed by atoms with Crippen molar-refractivity contribution in [1.29, 1.82) is 0 Å². The molecule has 5 nitrogen and oxygen atoms in total. The average molecular weight is 273 g/mol. The van der Waals surface area contributed by atoms with E-state index in [0.29, 0.717) is 6.04 Å². The molecule has 0 amide bonds. The molecule has 1 aliphatic carbocycles. The van der Waals surface area contributed by atoms with E-state index in [1.54, 1.807) is 0 Å². The second-order valence-electron chi connectivity index (χ2n) is 5.65. The van der Waals surface area contributed by atoms with Gasteiger partial charge in [0.1, 0.15) is 0 Å². The van der Waals surface area contributed by atoms with Crippen molar-refractivity contribution in [2.75, 3.05) is 5.32 Å².